The number of hydrogen-bond donors (Lipinski definition) is 2. The molecule has 16 heavy (non-hydrogen) atoms. The van der Waals surface area contributed by atoms with Crippen LogP contribution in [0.5, 0.6) is 0 Å². The van der Waals surface area contributed by atoms with Crippen LogP contribution in [0.4, 0.5) is 17.6 Å². The Hall–Kier alpha value is -0.850. The first-order chi connectivity index (χ1) is 7.20. The lowest BCUT2D eigenvalue weighted by Gasteiger charge is -2.38. The lowest BCUT2D eigenvalue weighted by molar-refractivity contribution is -0.224. The lowest BCUT2D eigenvalue weighted by atomic mass is 9.69. The van der Waals surface area contributed by atoms with E-state index in [9.17, 15) is 22.4 Å². The molecule has 0 saturated heterocycles. The number of hydrogen-bond acceptors (Lipinski definition) is 2. The van der Waals surface area contributed by atoms with Crippen molar-refractivity contribution in [1.82, 2.24) is 0 Å². The number of carboxylic acids is 1. The molecule has 1 aliphatic carbocycles. The fourth-order valence-corrected chi connectivity index (χ4v) is 2.04. The summed E-state index contributed by atoms with van der Waals surface area (Å²) >= 11 is 0. The molecule has 0 bridgehead atoms. The summed E-state index contributed by atoms with van der Waals surface area (Å²) in [5, 5.41) is 8.83. The second-order valence-corrected chi connectivity index (χ2v) is 4.20. The molecule has 0 radical (unpaired) electrons. The van der Waals surface area contributed by atoms with E-state index >= 15 is 0 Å². The van der Waals surface area contributed by atoms with E-state index in [1.807, 2.05) is 0 Å². The quantitative estimate of drug-likeness (QED) is 0.727. The molecule has 7 heteroatoms. The van der Waals surface area contributed by atoms with E-state index in [4.69, 9.17) is 10.8 Å². The highest BCUT2D eigenvalue weighted by Gasteiger charge is 2.59. The Labute approximate surface area is 89.6 Å². The number of halogens is 4. The first kappa shape index (κ1) is 13.2. The van der Waals surface area contributed by atoms with Crippen LogP contribution >= 0.6 is 0 Å². The molecule has 1 atom stereocenters. The monoisotopic (exact) mass is 243 g/mol. The smallest absolute Gasteiger partial charge is 0.420 e. The molecule has 0 spiro atoms. The average Bonchev–Trinajstić information content (AvgIpc) is 2.16. The van der Waals surface area contributed by atoms with Crippen LogP contribution in [0.1, 0.15) is 25.7 Å². The summed E-state index contributed by atoms with van der Waals surface area (Å²) in [6, 6.07) is -0.340. The fraction of sp³-hybridized carbons (Fsp3) is 0.889. The molecule has 1 unspecified atom stereocenters. The molecule has 1 saturated carbocycles. The molecule has 3 nitrogen and oxygen atoms in total. The van der Waals surface area contributed by atoms with Gasteiger partial charge in [-0.15, -0.1) is 0 Å². The molecule has 3 N–H and O–H groups in total. The third-order valence-electron chi connectivity index (χ3n) is 3.12. The van der Waals surface area contributed by atoms with Crippen LogP contribution in [-0.4, -0.2) is 29.5 Å². The average molecular weight is 243 g/mol. The van der Waals surface area contributed by atoms with E-state index in [0.717, 1.165) is 0 Å². The van der Waals surface area contributed by atoms with Gasteiger partial charge in [-0.2, -0.15) is 13.2 Å². The van der Waals surface area contributed by atoms with Gasteiger partial charge < -0.3 is 10.8 Å². The second kappa shape index (κ2) is 4.20. The highest BCUT2D eigenvalue weighted by molar-refractivity contribution is 5.75. The summed E-state index contributed by atoms with van der Waals surface area (Å²) in [5.41, 5.74) is 3.12. The van der Waals surface area contributed by atoms with Crippen molar-refractivity contribution < 1.29 is 27.5 Å². The van der Waals surface area contributed by atoms with Crippen LogP contribution in [-0.2, 0) is 4.79 Å². The fourth-order valence-electron chi connectivity index (χ4n) is 2.04. The van der Waals surface area contributed by atoms with Crippen molar-refractivity contribution >= 4 is 5.97 Å². The van der Waals surface area contributed by atoms with Gasteiger partial charge in [0.2, 0.25) is 6.17 Å². The molecule has 1 aliphatic rings. The summed E-state index contributed by atoms with van der Waals surface area (Å²) in [6.45, 7) is 0. The molecule has 1 rings (SSSR count). The predicted molar refractivity (Wildman–Crippen MR) is 47.5 cm³/mol. The molecule has 0 aromatic heterocycles. The van der Waals surface area contributed by atoms with E-state index in [2.05, 4.69) is 0 Å². The minimum atomic E-state index is -5.14. The molecular formula is C9H13F4NO2. The number of nitrogens with two attached hydrogens (primary N) is 1. The van der Waals surface area contributed by atoms with Gasteiger partial charge in [-0.25, -0.2) is 4.39 Å². The molecule has 0 aromatic carbocycles. The van der Waals surface area contributed by atoms with Gasteiger partial charge in [0.1, 0.15) is 5.41 Å². The molecule has 1 fully saturated rings. The van der Waals surface area contributed by atoms with Gasteiger partial charge in [0.15, 0.2) is 0 Å². The van der Waals surface area contributed by atoms with Crippen molar-refractivity contribution in [3.05, 3.63) is 0 Å². The van der Waals surface area contributed by atoms with Gasteiger partial charge in [-0.05, 0) is 25.7 Å². The van der Waals surface area contributed by atoms with E-state index < -0.39 is 23.7 Å². The van der Waals surface area contributed by atoms with Crippen LogP contribution in [0.3, 0.4) is 0 Å². The molecule has 94 valence electrons. The van der Waals surface area contributed by atoms with Gasteiger partial charge in [0, 0.05) is 6.04 Å². The Kier molecular flexibility index (Phi) is 3.47. The summed E-state index contributed by atoms with van der Waals surface area (Å²) in [6.07, 6.45) is -9.01. The number of carbonyl (C=O) groups is 1. The van der Waals surface area contributed by atoms with Gasteiger partial charge in [0.25, 0.3) is 0 Å². The third kappa shape index (κ3) is 2.28. The lowest BCUT2D eigenvalue weighted by Crippen LogP contribution is -2.51. The largest absolute Gasteiger partial charge is 0.481 e. The molecule has 0 heterocycles. The molecular weight excluding hydrogens is 230 g/mol. The minimum absolute atomic E-state index is 0.100. The van der Waals surface area contributed by atoms with E-state index in [1.54, 1.807) is 0 Å². The highest BCUT2D eigenvalue weighted by atomic mass is 19.4. The Morgan fingerprint density at radius 3 is 2.12 bits per heavy atom. The Balaban J connectivity index is 2.94. The first-order valence-corrected chi connectivity index (χ1v) is 4.90. The predicted octanol–water partition coefficient (Wildman–Crippen LogP) is 1.86. The summed E-state index contributed by atoms with van der Waals surface area (Å²) in [4.78, 5) is 10.9. The van der Waals surface area contributed by atoms with Gasteiger partial charge in [-0.1, -0.05) is 0 Å². The first-order valence-electron chi connectivity index (χ1n) is 4.90. The van der Waals surface area contributed by atoms with Gasteiger partial charge in [0.05, 0.1) is 0 Å². The van der Waals surface area contributed by atoms with E-state index in [-0.39, 0.29) is 31.7 Å². The van der Waals surface area contributed by atoms with Crippen LogP contribution < -0.4 is 5.73 Å². The third-order valence-corrected chi connectivity index (χ3v) is 3.12. The van der Waals surface area contributed by atoms with Crippen molar-refractivity contribution in [1.29, 1.82) is 0 Å². The molecule has 0 aromatic rings. The zero-order chi connectivity index (χ0) is 12.6. The van der Waals surface area contributed by atoms with E-state index in [1.165, 1.54) is 0 Å². The summed E-state index contributed by atoms with van der Waals surface area (Å²) in [7, 11) is 0. The molecule has 0 amide bonds. The topological polar surface area (TPSA) is 63.3 Å². The maximum Gasteiger partial charge on any atom is 0.420 e. The second-order valence-electron chi connectivity index (χ2n) is 4.20. The van der Waals surface area contributed by atoms with Crippen molar-refractivity contribution in [3.8, 4) is 0 Å². The zero-order valence-corrected chi connectivity index (χ0v) is 8.43. The maximum atomic E-state index is 13.3. The highest BCUT2D eigenvalue weighted by Crippen LogP contribution is 2.46. The van der Waals surface area contributed by atoms with Crippen molar-refractivity contribution in [2.45, 2.75) is 44.1 Å². The van der Waals surface area contributed by atoms with Crippen LogP contribution in [0, 0.1) is 5.41 Å². The normalized spacial score (nSPS) is 33.4. The van der Waals surface area contributed by atoms with Crippen molar-refractivity contribution in [3.63, 3.8) is 0 Å². The number of rotatable bonds is 2. The summed E-state index contributed by atoms with van der Waals surface area (Å²) in [5.74, 6) is -1.73. The number of alkyl halides is 4. The van der Waals surface area contributed by atoms with E-state index in [0.29, 0.717) is 0 Å². The maximum absolute atomic E-state index is 13.3. The van der Waals surface area contributed by atoms with Crippen LogP contribution in [0.2, 0.25) is 0 Å². The number of aliphatic carboxylic acids is 1. The molecule has 0 aliphatic heterocycles. The van der Waals surface area contributed by atoms with Crippen molar-refractivity contribution in [2.24, 2.45) is 11.1 Å². The Bertz CT molecular complexity index is 271. The Morgan fingerprint density at radius 1 is 1.38 bits per heavy atom. The SMILES string of the molecule is NC1CCC(C(=O)O)(C(F)C(F)(F)F)CC1. The minimum Gasteiger partial charge on any atom is -0.481 e. The van der Waals surface area contributed by atoms with Gasteiger partial charge >= 0.3 is 12.1 Å². The van der Waals surface area contributed by atoms with Crippen LogP contribution in [0.25, 0.3) is 0 Å². The zero-order valence-electron chi connectivity index (χ0n) is 8.43. The standard InChI is InChI=1S/C9H13F4NO2/c10-6(9(11,12)13)8(7(15)16)3-1-5(14)2-4-8/h5-6H,1-4,14H2,(H,15,16). The Morgan fingerprint density at radius 2 is 1.81 bits per heavy atom. The summed E-state index contributed by atoms with van der Waals surface area (Å²) < 4.78 is 50.1. The number of carboxylic acid groups (broad SMARTS) is 1. The van der Waals surface area contributed by atoms with Crippen molar-refractivity contribution in [2.75, 3.05) is 0 Å². The van der Waals surface area contributed by atoms with Gasteiger partial charge in [-0.3, -0.25) is 4.79 Å². The van der Waals surface area contributed by atoms with Crippen LogP contribution in [0.15, 0.2) is 0 Å².